The maximum Gasteiger partial charge on any atom is 0.150 e. The minimum atomic E-state index is -0.560. The summed E-state index contributed by atoms with van der Waals surface area (Å²) >= 11 is 0. The van der Waals surface area contributed by atoms with Gasteiger partial charge in [0.05, 0.1) is 6.67 Å². The van der Waals surface area contributed by atoms with Gasteiger partial charge < -0.3 is 19.7 Å². The van der Waals surface area contributed by atoms with E-state index in [2.05, 4.69) is 11.8 Å². The summed E-state index contributed by atoms with van der Waals surface area (Å²) in [5.74, 6) is 0.829. The van der Waals surface area contributed by atoms with E-state index in [1.807, 2.05) is 31.2 Å². The summed E-state index contributed by atoms with van der Waals surface area (Å²) in [6.07, 6.45) is -0.560. The van der Waals surface area contributed by atoms with Gasteiger partial charge in [-0.1, -0.05) is 12.1 Å². The second-order valence-corrected chi connectivity index (χ2v) is 9.62. The lowest BCUT2D eigenvalue weighted by Gasteiger charge is -2.41. The number of allylic oxidation sites excluding steroid dienone is 1. The molecule has 3 aromatic rings. The molecule has 2 heterocycles. The van der Waals surface area contributed by atoms with Gasteiger partial charge >= 0.3 is 0 Å². The number of hydrogen-bond acceptors (Lipinski definition) is 5. The van der Waals surface area contributed by atoms with Crippen LogP contribution in [0.15, 0.2) is 60.7 Å². The van der Waals surface area contributed by atoms with Gasteiger partial charge in [-0.05, 0) is 73.0 Å². The normalized spacial score (nSPS) is 18.8. The molecule has 0 aromatic heterocycles. The number of phenolic OH excluding ortho intramolecular Hbond substituents is 2. The number of hydrogen-bond donors (Lipinski definition) is 2. The highest BCUT2D eigenvalue weighted by Crippen LogP contribution is 2.48. The number of rotatable bonds is 7. The summed E-state index contributed by atoms with van der Waals surface area (Å²) < 4.78 is 39.3. The number of likely N-dealkylation sites (tertiary alicyclic amines) is 1. The van der Waals surface area contributed by atoms with Crippen LogP contribution < -0.4 is 9.47 Å². The van der Waals surface area contributed by atoms with E-state index in [0.717, 1.165) is 30.3 Å². The van der Waals surface area contributed by atoms with Crippen molar-refractivity contribution in [3.8, 4) is 23.0 Å². The van der Waals surface area contributed by atoms with Crippen molar-refractivity contribution in [2.75, 3.05) is 26.4 Å². The standard InChI is InChI=1S/C29H29F2NO4/c1-17(32-14-19(13-30)15-32)16-35-25-6-3-20(4-7-25)29-28(21-9-22(31)11-24(34)10-21)18(2)26-12-23(33)5-8-27(26)36-29/h3-12,17,19,29,33-34H,13-16H2,1-2H3/t17-,29?/m0/s1. The maximum atomic E-state index is 14.2. The van der Waals surface area contributed by atoms with E-state index in [9.17, 15) is 19.0 Å². The second-order valence-electron chi connectivity index (χ2n) is 9.62. The summed E-state index contributed by atoms with van der Waals surface area (Å²) in [5.41, 5.74) is 3.56. The van der Waals surface area contributed by atoms with Gasteiger partial charge in [0.25, 0.3) is 0 Å². The van der Waals surface area contributed by atoms with E-state index in [4.69, 9.17) is 9.47 Å². The predicted octanol–water partition coefficient (Wildman–Crippen LogP) is 5.97. The summed E-state index contributed by atoms with van der Waals surface area (Å²) in [6.45, 7) is 5.73. The second kappa shape index (κ2) is 9.82. The van der Waals surface area contributed by atoms with Crippen LogP contribution in [-0.4, -0.2) is 47.5 Å². The first-order chi connectivity index (χ1) is 17.3. The Labute approximate surface area is 209 Å². The van der Waals surface area contributed by atoms with Crippen molar-refractivity contribution in [2.24, 2.45) is 5.92 Å². The van der Waals surface area contributed by atoms with Gasteiger partial charge in [-0.15, -0.1) is 0 Å². The molecule has 7 heteroatoms. The van der Waals surface area contributed by atoms with E-state index >= 15 is 0 Å². The van der Waals surface area contributed by atoms with Crippen molar-refractivity contribution in [3.63, 3.8) is 0 Å². The number of phenols is 2. The van der Waals surface area contributed by atoms with Crippen molar-refractivity contribution in [2.45, 2.75) is 26.0 Å². The van der Waals surface area contributed by atoms with Gasteiger partial charge in [0, 0.05) is 42.3 Å². The topological polar surface area (TPSA) is 62.2 Å². The zero-order valence-electron chi connectivity index (χ0n) is 20.2. The minimum absolute atomic E-state index is 0.103. The van der Waals surface area contributed by atoms with Crippen molar-refractivity contribution in [1.82, 2.24) is 4.90 Å². The molecule has 1 unspecified atom stereocenters. The lowest BCUT2D eigenvalue weighted by molar-refractivity contribution is 0.0265. The van der Waals surface area contributed by atoms with Crippen LogP contribution in [0.25, 0.3) is 11.1 Å². The first kappa shape index (κ1) is 24.1. The fourth-order valence-corrected chi connectivity index (χ4v) is 4.90. The highest BCUT2D eigenvalue weighted by atomic mass is 19.1. The van der Waals surface area contributed by atoms with Crippen molar-refractivity contribution >= 4 is 11.1 Å². The third-order valence-electron chi connectivity index (χ3n) is 6.97. The van der Waals surface area contributed by atoms with Gasteiger partial charge in [-0.25, -0.2) is 4.39 Å². The van der Waals surface area contributed by atoms with Crippen LogP contribution in [0.5, 0.6) is 23.0 Å². The van der Waals surface area contributed by atoms with E-state index in [1.165, 1.54) is 12.1 Å². The van der Waals surface area contributed by atoms with Gasteiger partial charge in [0.15, 0.2) is 0 Å². The predicted molar refractivity (Wildman–Crippen MR) is 134 cm³/mol. The number of benzene rings is 3. The molecule has 1 saturated heterocycles. The molecular weight excluding hydrogens is 464 g/mol. The summed E-state index contributed by atoms with van der Waals surface area (Å²) in [5, 5.41) is 20.1. The van der Waals surface area contributed by atoms with Crippen molar-refractivity contribution in [3.05, 3.63) is 83.2 Å². The molecule has 2 aliphatic heterocycles. The molecular formula is C29H29F2NO4. The molecule has 1 fully saturated rings. The molecule has 0 radical (unpaired) electrons. The molecule has 0 bridgehead atoms. The summed E-state index contributed by atoms with van der Waals surface area (Å²) in [7, 11) is 0. The van der Waals surface area contributed by atoms with Gasteiger partial charge in [0.1, 0.15) is 41.5 Å². The van der Waals surface area contributed by atoms with Gasteiger partial charge in [0.2, 0.25) is 0 Å². The number of halogens is 2. The number of fused-ring (bicyclic) bond motifs is 1. The molecule has 2 aliphatic rings. The van der Waals surface area contributed by atoms with Gasteiger partial charge in [-0.2, -0.15) is 0 Å². The average Bonchev–Trinajstić information content (AvgIpc) is 2.82. The quantitative estimate of drug-likeness (QED) is 0.425. The van der Waals surface area contributed by atoms with Gasteiger partial charge in [-0.3, -0.25) is 9.29 Å². The largest absolute Gasteiger partial charge is 0.508 e. The highest BCUT2D eigenvalue weighted by molar-refractivity contribution is 5.95. The maximum absolute atomic E-state index is 14.2. The zero-order valence-corrected chi connectivity index (χ0v) is 20.2. The first-order valence-electron chi connectivity index (χ1n) is 12.1. The molecule has 5 rings (SSSR count). The van der Waals surface area contributed by atoms with Crippen LogP contribution in [0.1, 0.15) is 36.6 Å². The third kappa shape index (κ3) is 4.75. The Morgan fingerprint density at radius 3 is 2.47 bits per heavy atom. The molecule has 2 N–H and O–H groups in total. The van der Waals surface area contributed by atoms with E-state index in [0.29, 0.717) is 34.8 Å². The van der Waals surface area contributed by atoms with Crippen LogP contribution in [-0.2, 0) is 0 Å². The minimum Gasteiger partial charge on any atom is -0.508 e. The van der Waals surface area contributed by atoms with Crippen LogP contribution >= 0.6 is 0 Å². The van der Waals surface area contributed by atoms with E-state index in [1.54, 1.807) is 18.2 Å². The Bertz CT molecular complexity index is 1260. The fourth-order valence-electron chi connectivity index (χ4n) is 4.90. The molecule has 0 aliphatic carbocycles. The molecule has 0 amide bonds. The fraction of sp³-hybridized carbons (Fsp3) is 0.310. The van der Waals surface area contributed by atoms with Crippen molar-refractivity contribution in [1.29, 1.82) is 0 Å². The van der Waals surface area contributed by atoms with Crippen LogP contribution in [0, 0.1) is 11.7 Å². The Morgan fingerprint density at radius 1 is 1.03 bits per heavy atom. The third-order valence-corrected chi connectivity index (χ3v) is 6.97. The smallest absolute Gasteiger partial charge is 0.150 e. The Hall–Kier alpha value is -3.58. The van der Waals surface area contributed by atoms with Crippen LogP contribution in [0.4, 0.5) is 8.78 Å². The molecule has 36 heavy (non-hydrogen) atoms. The van der Waals surface area contributed by atoms with E-state index < -0.39 is 11.9 Å². The Balaban J connectivity index is 1.41. The molecule has 3 aromatic carbocycles. The highest BCUT2D eigenvalue weighted by Gasteiger charge is 2.31. The monoisotopic (exact) mass is 493 g/mol. The average molecular weight is 494 g/mol. The molecule has 188 valence electrons. The van der Waals surface area contributed by atoms with Crippen molar-refractivity contribution < 1.29 is 28.5 Å². The van der Waals surface area contributed by atoms with Crippen LogP contribution in [0.3, 0.4) is 0 Å². The zero-order chi connectivity index (χ0) is 25.4. The number of nitrogens with zero attached hydrogens (tertiary/aromatic N) is 1. The number of aromatic hydroxyl groups is 2. The van der Waals surface area contributed by atoms with E-state index in [-0.39, 0.29) is 30.1 Å². The number of alkyl halides is 1. The Kier molecular flexibility index (Phi) is 6.58. The number of ether oxygens (including phenoxy) is 2. The summed E-state index contributed by atoms with van der Waals surface area (Å²) in [4.78, 5) is 2.21. The molecule has 2 atom stereocenters. The molecule has 5 nitrogen and oxygen atoms in total. The SMILES string of the molecule is CC1=C(c2cc(O)cc(F)c2)C(c2ccc(OC[C@H](C)N3CC(CF)C3)cc2)Oc2ccc(O)cc21. The Morgan fingerprint density at radius 2 is 1.78 bits per heavy atom. The molecule has 0 spiro atoms. The lowest BCUT2D eigenvalue weighted by atomic mass is 9.86. The molecule has 0 saturated carbocycles. The van der Waals surface area contributed by atoms with Crippen LogP contribution in [0.2, 0.25) is 0 Å². The summed E-state index contributed by atoms with van der Waals surface area (Å²) in [6, 6.07) is 16.6. The first-order valence-corrected chi connectivity index (χ1v) is 12.1. The lowest BCUT2D eigenvalue weighted by Crippen LogP contribution is -2.53.